The molecule has 7 rings (SSSR count). The van der Waals surface area contributed by atoms with Crippen molar-refractivity contribution in [3.05, 3.63) is 0 Å². The van der Waals surface area contributed by atoms with Gasteiger partial charge < -0.3 is 60.5 Å². The Kier molecular flexibility index (Phi) is 28.3. The van der Waals surface area contributed by atoms with Gasteiger partial charge in [0, 0.05) is 66.8 Å². The number of nitrogens with one attached hydrogen (secondary N) is 4. The lowest BCUT2D eigenvalue weighted by molar-refractivity contribution is -0.182. The molecule has 0 bridgehead atoms. The van der Waals surface area contributed by atoms with Gasteiger partial charge in [0.1, 0.15) is 59.9 Å². The van der Waals surface area contributed by atoms with E-state index >= 15 is 19.2 Å². The summed E-state index contributed by atoms with van der Waals surface area (Å²) < 4.78 is 42.0. The molecule has 3 aliphatic carbocycles. The van der Waals surface area contributed by atoms with E-state index < -0.39 is 173 Å². The number of hydrogen-bond donors (Lipinski definition) is 4. The number of fused-ring (bicyclic) bond motifs is 2. The Morgan fingerprint density at radius 2 is 1.22 bits per heavy atom. The second-order valence-electron chi connectivity index (χ2n) is 30.7. The van der Waals surface area contributed by atoms with E-state index in [4.69, 9.17) is 11.6 Å². The standard InChI is InChI=1S/C71H114ClF3N12O12/c1-13-44(6)58-67(97)81(9)45(7)62(92)87-36-30-53(87)65(95)82(10)54(39-46-23-16-14-17-24-46)64(94)80(8)41-57(89)76-50(29-27-47-26-28-48(49(72)38-47)71(73,74)75)63(93)86-35-22-25-52(86)61(91)79-70(31-18-19-32-70)69(99)84(12)59(43(4)5)68(98)83(11)55(66(96)85-33-20-15-21-34-85)40-56(88)77-51(37-42(2)3)60(90)78-58/h42-55,58-59H,13-41H2,1-12H3,(H,76,89)(H,77,88)(H,78,90)(H,79,91)/t44-,45-,47?,48?,49?,50-,51-,52-,53-,54-,55-,58-,59-/m0/s1. The molecule has 28 heteroatoms. The third kappa shape index (κ3) is 19.5. The molecule has 0 radical (unpaired) electrons. The van der Waals surface area contributed by atoms with Crippen LogP contribution in [-0.2, 0) is 57.5 Å². The van der Waals surface area contributed by atoms with Crippen LogP contribution in [0.1, 0.15) is 203 Å². The first kappa shape index (κ1) is 80.0. The lowest BCUT2D eigenvalue weighted by atomic mass is 9.78. The Balaban J connectivity index is 1.26. The highest BCUT2D eigenvalue weighted by Gasteiger charge is 2.52. The van der Waals surface area contributed by atoms with Gasteiger partial charge in [-0.3, -0.25) is 57.5 Å². The number of rotatable bonds is 11. The van der Waals surface area contributed by atoms with Gasteiger partial charge in [0.05, 0.1) is 18.9 Å². The fraction of sp³-hybridized carbons (Fsp3) is 0.831. The molecular weight excluding hydrogens is 1310 g/mol. The summed E-state index contributed by atoms with van der Waals surface area (Å²) in [5.41, 5.74) is -1.56. The molecule has 4 aliphatic heterocycles. The van der Waals surface area contributed by atoms with Crippen molar-refractivity contribution < 1.29 is 70.7 Å². The molecule has 4 heterocycles. The Morgan fingerprint density at radius 1 is 0.596 bits per heavy atom. The van der Waals surface area contributed by atoms with Gasteiger partial charge >= 0.3 is 6.18 Å². The van der Waals surface area contributed by atoms with E-state index in [-0.39, 0.29) is 101 Å². The van der Waals surface area contributed by atoms with Crippen molar-refractivity contribution in [2.24, 2.45) is 35.5 Å². The van der Waals surface area contributed by atoms with E-state index in [1.807, 2.05) is 20.8 Å². The predicted molar refractivity (Wildman–Crippen MR) is 365 cm³/mol. The van der Waals surface area contributed by atoms with Gasteiger partial charge in [-0.15, -0.1) is 11.6 Å². The quantitative estimate of drug-likeness (QED) is 0.180. The highest BCUT2D eigenvalue weighted by atomic mass is 35.5. The van der Waals surface area contributed by atoms with E-state index in [9.17, 15) is 51.5 Å². The highest BCUT2D eigenvalue weighted by molar-refractivity contribution is 6.21. The van der Waals surface area contributed by atoms with Crippen molar-refractivity contribution in [1.82, 2.24) is 60.5 Å². The maximum absolute atomic E-state index is 15.4. The van der Waals surface area contributed by atoms with Crippen molar-refractivity contribution >= 4 is 82.5 Å². The number of halogens is 4. The SMILES string of the molecule is CC[C@H](C)[C@@H]1NC(=O)[C@H](CC(C)C)NC(=O)C[C@@H](C(=O)N2CCCCC2)N(C)C(=O)[C@H](C(C)C)N(C)C(=O)C2(CCCC2)NC(=O)[C@@H]2CCCN2C(=O)[C@H](CCC2CCC(C(F)(F)F)C(Cl)C2)NC(=O)CN(C)C(=O)[C@H](CC2CCCCC2)N(C)C(=O)[C@@H]2CCN2C(=O)[C@H](C)N(C)C1=O. The van der Waals surface area contributed by atoms with Crippen molar-refractivity contribution in [2.75, 3.05) is 68.0 Å². The molecule has 24 nitrogen and oxygen atoms in total. The van der Waals surface area contributed by atoms with Crippen LogP contribution in [0.25, 0.3) is 0 Å². The van der Waals surface area contributed by atoms with E-state index in [2.05, 4.69) is 21.3 Å². The average Bonchev–Trinajstić information content (AvgIpc) is 1.76. The fourth-order valence-corrected chi connectivity index (χ4v) is 16.8. The lowest BCUT2D eigenvalue weighted by Crippen LogP contribution is -2.65. The van der Waals surface area contributed by atoms with Crippen molar-refractivity contribution in [2.45, 2.75) is 274 Å². The van der Waals surface area contributed by atoms with Crippen LogP contribution in [0.15, 0.2) is 0 Å². The molecule has 7 fully saturated rings. The maximum Gasteiger partial charge on any atom is 0.393 e. The zero-order chi connectivity index (χ0) is 73.1. The third-order valence-corrected chi connectivity index (χ3v) is 23.3. The van der Waals surface area contributed by atoms with Gasteiger partial charge in [-0.2, -0.15) is 13.2 Å². The number of hydrogen-bond acceptors (Lipinski definition) is 12. The summed E-state index contributed by atoms with van der Waals surface area (Å²) >= 11 is 6.40. The Bertz CT molecular complexity index is 2910. The van der Waals surface area contributed by atoms with E-state index in [0.717, 1.165) is 38.5 Å². The second-order valence-corrected chi connectivity index (χ2v) is 31.2. The minimum absolute atomic E-state index is 0.000928. The molecule has 558 valence electrons. The number of alkyl halides is 4. The summed E-state index contributed by atoms with van der Waals surface area (Å²) in [6.07, 6.45) is 4.52. The van der Waals surface area contributed by atoms with Gasteiger partial charge in [0.25, 0.3) is 0 Å². The van der Waals surface area contributed by atoms with Crippen LogP contribution < -0.4 is 21.3 Å². The lowest BCUT2D eigenvalue weighted by Gasteiger charge is -2.45. The molecule has 12 amide bonds. The van der Waals surface area contributed by atoms with Crippen LogP contribution in [0.3, 0.4) is 0 Å². The molecule has 0 aromatic heterocycles. The zero-order valence-corrected chi connectivity index (χ0v) is 61.5. The summed E-state index contributed by atoms with van der Waals surface area (Å²) in [6, 6.07) is -10.9. The number of carbonyl (C=O) groups is 12. The number of likely N-dealkylation sites (N-methyl/N-ethyl adjacent to an activating group) is 5. The number of piperidine rings is 1. The average molecular weight is 1420 g/mol. The first-order chi connectivity index (χ1) is 46.6. The van der Waals surface area contributed by atoms with Crippen LogP contribution in [0.5, 0.6) is 0 Å². The van der Waals surface area contributed by atoms with Gasteiger partial charge in [0.2, 0.25) is 70.9 Å². The van der Waals surface area contributed by atoms with Gasteiger partial charge in [0.15, 0.2) is 0 Å². The largest absolute Gasteiger partial charge is 0.393 e. The molecule has 4 saturated heterocycles. The molecule has 1 spiro atoms. The van der Waals surface area contributed by atoms with Crippen LogP contribution in [0.4, 0.5) is 13.2 Å². The summed E-state index contributed by atoms with van der Waals surface area (Å²) in [7, 11) is 7.20. The van der Waals surface area contributed by atoms with Gasteiger partial charge in [-0.25, -0.2) is 0 Å². The molecule has 99 heavy (non-hydrogen) atoms. The summed E-state index contributed by atoms with van der Waals surface area (Å²) in [5, 5.41) is 10.4. The van der Waals surface area contributed by atoms with Crippen LogP contribution in [0, 0.1) is 35.5 Å². The summed E-state index contributed by atoms with van der Waals surface area (Å²) in [4.78, 5) is 190. The van der Waals surface area contributed by atoms with Gasteiger partial charge in [-0.1, -0.05) is 92.9 Å². The van der Waals surface area contributed by atoms with E-state index in [1.54, 1.807) is 25.7 Å². The third-order valence-electron chi connectivity index (χ3n) is 22.8. The summed E-state index contributed by atoms with van der Waals surface area (Å²) in [5.74, 6) is -10.9. The molecule has 3 saturated carbocycles. The van der Waals surface area contributed by atoms with Crippen LogP contribution >= 0.6 is 11.6 Å². The molecular formula is C71H114ClF3N12O12. The topological polar surface area (TPSA) is 279 Å². The first-order valence-electron chi connectivity index (χ1n) is 36.8. The molecule has 0 aromatic carbocycles. The molecule has 3 unspecified atom stereocenters. The Hall–Kier alpha value is -6.28. The Labute approximate surface area is 588 Å². The molecule has 0 aromatic rings. The van der Waals surface area contributed by atoms with Crippen LogP contribution in [0.2, 0.25) is 0 Å². The monoisotopic (exact) mass is 1420 g/mol. The fourth-order valence-electron chi connectivity index (χ4n) is 16.3. The minimum Gasteiger partial charge on any atom is -0.344 e. The molecule has 13 atom stereocenters. The number of carbonyl (C=O) groups excluding carboxylic acids is 12. The predicted octanol–water partition coefficient (Wildman–Crippen LogP) is 5.75. The highest BCUT2D eigenvalue weighted by Crippen LogP contribution is 2.44. The van der Waals surface area contributed by atoms with Crippen molar-refractivity contribution in [3.8, 4) is 0 Å². The van der Waals surface area contributed by atoms with E-state index in [0.29, 0.717) is 51.6 Å². The van der Waals surface area contributed by atoms with Crippen molar-refractivity contribution in [3.63, 3.8) is 0 Å². The number of amides is 12. The second kappa shape index (κ2) is 35.1. The van der Waals surface area contributed by atoms with Gasteiger partial charge in [-0.05, 0) is 133 Å². The van der Waals surface area contributed by atoms with Crippen LogP contribution in [-0.4, -0.2) is 250 Å². The maximum atomic E-state index is 15.4. The number of likely N-dealkylation sites (tertiary alicyclic amines) is 1. The number of nitrogens with zero attached hydrogens (tertiary/aromatic N) is 8. The minimum atomic E-state index is -4.51. The first-order valence-corrected chi connectivity index (χ1v) is 37.2. The van der Waals surface area contributed by atoms with E-state index in [1.165, 1.54) is 76.5 Å². The summed E-state index contributed by atoms with van der Waals surface area (Å²) in [6.45, 7) is 12.7. The van der Waals surface area contributed by atoms with Crippen molar-refractivity contribution in [1.29, 1.82) is 0 Å². The Morgan fingerprint density at radius 3 is 1.81 bits per heavy atom. The normalized spacial score (nSPS) is 31.1. The smallest absolute Gasteiger partial charge is 0.344 e. The molecule has 7 aliphatic rings. The molecule has 4 N–H and O–H groups in total. The zero-order valence-electron chi connectivity index (χ0n) is 60.7.